The molecule has 0 aromatic heterocycles. The van der Waals surface area contributed by atoms with Gasteiger partial charge in [0.2, 0.25) is 0 Å². The fourth-order valence-electron chi connectivity index (χ4n) is 2.28. The number of allylic oxidation sites excluding steroid dienone is 1. The monoisotopic (exact) mass is 230 g/mol. The number of benzene rings is 1. The molecule has 1 aromatic rings. The van der Waals surface area contributed by atoms with E-state index in [1.54, 1.807) is 6.08 Å². The van der Waals surface area contributed by atoms with E-state index in [2.05, 4.69) is 0 Å². The summed E-state index contributed by atoms with van der Waals surface area (Å²) in [6.07, 6.45) is 3.25. The third-order valence-corrected chi connectivity index (χ3v) is 3.35. The van der Waals surface area contributed by atoms with Crippen LogP contribution < -0.4 is 0 Å². The molecule has 0 unspecified atom stereocenters. The second kappa shape index (κ2) is 3.79. The molecule has 0 N–H and O–H groups in total. The van der Waals surface area contributed by atoms with Crippen molar-refractivity contribution in [1.82, 2.24) is 0 Å². The molecule has 0 bridgehead atoms. The summed E-state index contributed by atoms with van der Waals surface area (Å²) >= 11 is 0. The van der Waals surface area contributed by atoms with Gasteiger partial charge in [0.1, 0.15) is 11.7 Å². The second-order valence-corrected chi connectivity index (χ2v) is 4.67. The van der Waals surface area contributed by atoms with Crippen molar-refractivity contribution in [1.29, 1.82) is 0 Å². The van der Waals surface area contributed by atoms with Crippen LogP contribution in [0.25, 0.3) is 0 Å². The zero-order valence-electron chi connectivity index (χ0n) is 9.63. The highest BCUT2D eigenvalue weighted by Gasteiger charge is 2.47. The molecule has 2 aliphatic rings. The van der Waals surface area contributed by atoms with Crippen LogP contribution in [0.1, 0.15) is 25.2 Å². The summed E-state index contributed by atoms with van der Waals surface area (Å²) in [5, 5.41) is 0. The lowest BCUT2D eigenvalue weighted by Gasteiger charge is -2.26. The molecule has 3 rings (SSSR count). The standard InChI is InChI=1S/C14H14O3/c1-14-8-7-11(15)9-12(14)16-13(17-14)10-5-3-2-4-6-10/h2-8,12-13H,9H2,1H3/t12-,13+,14+/m0/s1. The van der Waals surface area contributed by atoms with Gasteiger partial charge < -0.3 is 9.47 Å². The van der Waals surface area contributed by atoms with Gasteiger partial charge in [0.15, 0.2) is 12.1 Å². The second-order valence-electron chi connectivity index (χ2n) is 4.67. The molecule has 1 heterocycles. The minimum atomic E-state index is -0.478. The Balaban J connectivity index is 1.87. The van der Waals surface area contributed by atoms with Crippen molar-refractivity contribution < 1.29 is 14.3 Å². The van der Waals surface area contributed by atoms with Crippen LogP contribution in [0.3, 0.4) is 0 Å². The molecule has 1 fully saturated rings. The average molecular weight is 230 g/mol. The highest BCUT2D eigenvalue weighted by atomic mass is 16.7. The first-order valence-corrected chi connectivity index (χ1v) is 5.78. The Kier molecular flexibility index (Phi) is 2.38. The van der Waals surface area contributed by atoms with Crippen LogP contribution >= 0.6 is 0 Å². The predicted molar refractivity (Wildman–Crippen MR) is 62.3 cm³/mol. The molecular formula is C14H14O3. The van der Waals surface area contributed by atoms with Gasteiger partial charge in [0.05, 0.1) is 0 Å². The number of fused-ring (bicyclic) bond motifs is 1. The molecule has 1 aliphatic heterocycles. The van der Waals surface area contributed by atoms with E-state index in [1.165, 1.54) is 0 Å². The number of rotatable bonds is 1. The summed E-state index contributed by atoms with van der Waals surface area (Å²) in [4.78, 5) is 11.4. The Labute approximate surface area is 100 Å². The molecule has 3 atom stereocenters. The molecule has 1 aliphatic carbocycles. The van der Waals surface area contributed by atoms with Crippen LogP contribution in [0.5, 0.6) is 0 Å². The molecule has 3 heteroatoms. The van der Waals surface area contributed by atoms with Crippen LogP contribution in [-0.2, 0) is 14.3 Å². The van der Waals surface area contributed by atoms with Crippen LogP contribution in [-0.4, -0.2) is 17.5 Å². The van der Waals surface area contributed by atoms with Gasteiger partial charge in [-0.3, -0.25) is 4.79 Å². The molecule has 0 amide bonds. The van der Waals surface area contributed by atoms with E-state index in [0.29, 0.717) is 6.42 Å². The maximum Gasteiger partial charge on any atom is 0.185 e. The molecule has 1 saturated heterocycles. The van der Waals surface area contributed by atoms with Crippen LogP contribution in [0.15, 0.2) is 42.5 Å². The number of hydrogen-bond acceptors (Lipinski definition) is 3. The first-order chi connectivity index (χ1) is 8.17. The third-order valence-electron chi connectivity index (χ3n) is 3.35. The fourth-order valence-corrected chi connectivity index (χ4v) is 2.28. The van der Waals surface area contributed by atoms with Crippen molar-refractivity contribution in [3.05, 3.63) is 48.0 Å². The van der Waals surface area contributed by atoms with Crippen LogP contribution in [0, 0.1) is 0 Å². The molecule has 88 valence electrons. The van der Waals surface area contributed by atoms with Crippen molar-refractivity contribution in [2.45, 2.75) is 31.3 Å². The van der Waals surface area contributed by atoms with E-state index in [9.17, 15) is 4.79 Å². The van der Waals surface area contributed by atoms with Gasteiger partial charge in [-0.2, -0.15) is 0 Å². The van der Waals surface area contributed by atoms with E-state index in [4.69, 9.17) is 9.47 Å². The molecular weight excluding hydrogens is 216 g/mol. The molecule has 0 saturated carbocycles. The van der Waals surface area contributed by atoms with E-state index in [0.717, 1.165) is 5.56 Å². The van der Waals surface area contributed by atoms with Gasteiger partial charge in [-0.05, 0) is 19.1 Å². The number of ketones is 1. The van der Waals surface area contributed by atoms with Crippen molar-refractivity contribution >= 4 is 5.78 Å². The summed E-state index contributed by atoms with van der Waals surface area (Å²) in [6, 6.07) is 9.80. The highest BCUT2D eigenvalue weighted by molar-refractivity contribution is 5.91. The summed E-state index contributed by atoms with van der Waals surface area (Å²) in [5.74, 6) is 0.102. The maximum absolute atomic E-state index is 11.4. The summed E-state index contributed by atoms with van der Waals surface area (Å²) in [5.41, 5.74) is 0.512. The predicted octanol–water partition coefficient (Wildman–Crippen LogP) is 2.39. The Bertz CT molecular complexity index is 466. The number of carbonyl (C=O) groups is 1. The lowest BCUT2D eigenvalue weighted by atomic mass is 9.89. The first kappa shape index (κ1) is 10.7. The van der Waals surface area contributed by atoms with E-state index in [-0.39, 0.29) is 18.2 Å². The van der Waals surface area contributed by atoms with Gasteiger partial charge >= 0.3 is 0 Å². The lowest BCUT2D eigenvalue weighted by molar-refractivity contribution is -0.118. The quantitative estimate of drug-likeness (QED) is 0.743. The highest BCUT2D eigenvalue weighted by Crippen LogP contribution is 2.42. The van der Waals surface area contributed by atoms with Gasteiger partial charge in [0, 0.05) is 12.0 Å². The van der Waals surface area contributed by atoms with E-state index >= 15 is 0 Å². The fraction of sp³-hybridized carbons (Fsp3) is 0.357. The minimum absolute atomic E-state index is 0.102. The topological polar surface area (TPSA) is 35.5 Å². The average Bonchev–Trinajstić information content (AvgIpc) is 2.68. The van der Waals surface area contributed by atoms with Crippen LogP contribution in [0.2, 0.25) is 0 Å². The van der Waals surface area contributed by atoms with Gasteiger partial charge in [0.25, 0.3) is 0 Å². The van der Waals surface area contributed by atoms with Crippen molar-refractivity contribution in [2.24, 2.45) is 0 Å². The molecule has 1 aromatic carbocycles. The maximum atomic E-state index is 11.4. The third kappa shape index (κ3) is 1.81. The first-order valence-electron chi connectivity index (χ1n) is 5.78. The Morgan fingerprint density at radius 3 is 2.82 bits per heavy atom. The molecule has 17 heavy (non-hydrogen) atoms. The smallest absolute Gasteiger partial charge is 0.185 e. The summed E-state index contributed by atoms with van der Waals surface area (Å²) in [6.45, 7) is 1.96. The van der Waals surface area contributed by atoms with Gasteiger partial charge in [-0.25, -0.2) is 0 Å². The number of carbonyl (C=O) groups excluding carboxylic acids is 1. The van der Waals surface area contributed by atoms with E-state index < -0.39 is 5.60 Å². The lowest BCUT2D eigenvalue weighted by Crippen LogP contribution is -2.38. The zero-order valence-corrected chi connectivity index (χ0v) is 9.63. The van der Waals surface area contributed by atoms with Crippen molar-refractivity contribution in [3.8, 4) is 0 Å². The minimum Gasteiger partial charge on any atom is -0.341 e. The zero-order chi connectivity index (χ0) is 11.9. The Hall–Kier alpha value is -1.45. The van der Waals surface area contributed by atoms with Crippen LogP contribution in [0.4, 0.5) is 0 Å². The number of ether oxygens (including phenoxy) is 2. The van der Waals surface area contributed by atoms with Crippen molar-refractivity contribution in [2.75, 3.05) is 0 Å². The molecule has 0 radical (unpaired) electrons. The summed E-state index contributed by atoms with van der Waals surface area (Å²) in [7, 11) is 0. The van der Waals surface area contributed by atoms with Gasteiger partial charge in [-0.15, -0.1) is 0 Å². The largest absolute Gasteiger partial charge is 0.341 e. The Morgan fingerprint density at radius 2 is 2.06 bits per heavy atom. The van der Waals surface area contributed by atoms with Gasteiger partial charge in [-0.1, -0.05) is 30.3 Å². The van der Waals surface area contributed by atoms with Crippen molar-refractivity contribution in [3.63, 3.8) is 0 Å². The summed E-state index contributed by atoms with van der Waals surface area (Å²) < 4.78 is 11.8. The molecule has 3 nitrogen and oxygen atoms in total. The Morgan fingerprint density at radius 1 is 1.29 bits per heavy atom. The molecule has 0 spiro atoms. The normalized spacial score (nSPS) is 35.9. The number of hydrogen-bond donors (Lipinski definition) is 0. The van der Waals surface area contributed by atoms with E-state index in [1.807, 2.05) is 43.3 Å². The SMILES string of the molecule is C[C@@]12C=CC(=O)C[C@@H]1O[C@@H](c1ccccc1)O2.